The van der Waals surface area contributed by atoms with Gasteiger partial charge in [-0.05, 0) is 19.9 Å². The number of morpholine rings is 1. The Labute approximate surface area is 113 Å². The van der Waals surface area contributed by atoms with Crippen molar-refractivity contribution in [3.05, 3.63) is 17.5 Å². The predicted octanol–water partition coefficient (Wildman–Crippen LogP) is 0.0654. The van der Waals surface area contributed by atoms with E-state index in [1.165, 1.54) is 0 Å². The summed E-state index contributed by atoms with van der Waals surface area (Å²) < 4.78 is 7.09. The Balaban J connectivity index is 1.84. The third-order valence-corrected chi connectivity index (χ3v) is 3.38. The van der Waals surface area contributed by atoms with Crippen LogP contribution in [-0.4, -0.2) is 52.9 Å². The van der Waals surface area contributed by atoms with Crippen LogP contribution >= 0.6 is 0 Å². The fourth-order valence-corrected chi connectivity index (χ4v) is 2.23. The Morgan fingerprint density at radius 1 is 1.53 bits per heavy atom. The Morgan fingerprint density at radius 3 is 2.79 bits per heavy atom. The number of nitrogens with one attached hydrogen (secondary N) is 1. The van der Waals surface area contributed by atoms with E-state index in [9.17, 15) is 4.79 Å². The highest BCUT2D eigenvalue weighted by atomic mass is 16.5. The van der Waals surface area contributed by atoms with Crippen molar-refractivity contribution in [1.82, 2.24) is 20.0 Å². The molecule has 0 saturated carbocycles. The molecule has 1 saturated heterocycles. The van der Waals surface area contributed by atoms with Crippen molar-refractivity contribution in [2.45, 2.75) is 26.4 Å². The lowest BCUT2D eigenvalue weighted by molar-refractivity contribution is -0.137. The number of aryl methyl sites for hydroxylation is 2. The third kappa shape index (κ3) is 3.54. The summed E-state index contributed by atoms with van der Waals surface area (Å²) in [5.41, 5.74) is 2.07. The molecule has 2 rings (SSSR count). The molecule has 1 aromatic rings. The number of amides is 1. The molecule has 0 spiro atoms. The average Bonchev–Trinajstić information content (AvgIpc) is 2.74. The van der Waals surface area contributed by atoms with Crippen molar-refractivity contribution < 1.29 is 9.53 Å². The Hall–Kier alpha value is -1.40. The van der Waals surface area contributed by atoms with Crippen LogP contribution in [0.3, 0.4) is 0 Å². The van der Waals surface area contributed by atoms with Crippen LogP contribution in [-0.2, 0) is 23.1 Å². The first-order valence-electron chi connectivity index (χ1n) is 6.67. The summed E-state index contributed by atoms with van der Waals surface area (Å²) in [6, 6.07) is 1.84. The lowest BCUT2D eigenvalue weighted by Crippen LogP contribution is -2.49. The molecule has 0 radical (unpaired) electrons. The number of rotatable bonds is 4. The standard InChI is InChI=1S/C13H22N4O2/c1-10-8-12(16(3)15-10)9-14-11(2)13(18)17-4-6-19-7-5-17/h8,11,14H,4-7,9H2,1-3H3. The fraction of sp³-hybridized carbons (Fsp3) is 0.692. The maximum Gasteiger partial charge on any atom is 0.239 e. The van der Waals surface area contributed by atoms with Gasteiger partial charge >= 0.3 is 0 Å². The minimum Gasteiger partial charge on any atom is -0.378 e. The van der Waals surface area contributed by atoms with Crippen molar-refractivity contribution in [3.63, 3.8) is 0 Å². The molecule has 1 aromatic heterocycles. The molecule has 6 heteroatoms. The summed E-state index contributed by atoms with van der Waals surface area (Å²) in [4.78, 5) is 14.1. The van der Waals surface area contributed by atoms with Gasteiger partial charge in [-0.1, -0.05) is 0 Å². The number of hydrogen-bond donors (Lipinski definition) is 1. The van der Waals surface area contributed by atoms with Crippen LogP contribution in [0.2, 0.25) is 0 Å². The summed E-state index contributed by atoms with van der Waals surface area (Å²) in [6.45, 7) is 7.17. The topological polar surface area (TPSA) is 59.4 Å². The molecular formula is C13H22N4O2. The lowest BCUT2D eigenvalue weighted by atomic mass is 10.2. The summed E-state index contributed by atoms with van der Waals surface area (Å²) >= 11 is 0. The minimum atomic E-state index is -0.187. The van der Waals surface area contributed by atoms with E-state index < -0.39 is 0 Å². The van der Waals surface area contributed by atoms with Gasteiger partial charge < -0.3 is 15.0 Å². The zero-order chi connectivity index (χ0) is 13.8. The van der Waals surface area contributed by atoms with Crippen LogP contribution in [0.15, 0.2) is 6.07 Å². The van der Waals surface area contributed by atoms with E-state index in [1.54, 1.807) is 0 Å². The van der Waals surface area contributed by atoms with E-state index in [0.29, 0.717) is 32.8 Å². The smallest absolute Gasteiger partial charge is 0.239 e. The zero-order valence-electron chi connectivity index (χ0n) is 11.8. The molecular weight excluding hydrogens is 244 g/mol. The van der Waals surface area contributed by atoms with E-state index in [2.05, 4.69) is 10.4 Å². The van der Waals surface area contributed by atoms with Gasteiger partial charge in [0.2, 0.25) is 5.91 Å². The maximum atomic E-state index is 12.2. The van der Waals surface area contributed by atoms with Crippen LogP contribution < -0.4 is 5.32 Å². The first-order valence-corrected chi connectivity index (χ1v) is 6.67. The largest absolute Gasteiger partial charge is 0.378 e. The summed E-state index contributed by atoms with van der Waals surface area (Å²) in [5.74, 6) is 0.141. The highest BCUT2D eigenvalue weighted by Gasteiger charge is 2.22. The highest BCUT2D eigenvalue weighted by Crippen LogP contribution is 2.04. The highest BCUT2D eigenvalue weighted by molar-refractivity contribution is 5.81. The third-order valence-electron chi connectivity index (χ3n) is 3.38. The second-order valence-corrected chi connectivity index (χ2v) is 4.94. The molecule has 1 atom stereocenters. The van der Waals surface area contributed by atoms with Crippen LogP contribution in [0.25, 0.3) is 0 Å². The lowest BCUT2D eigenvalue weighted by Gasteiger charge is -2.29. The van der Waals surface area contributed by atoms with Crippen LogP contribution in [0.4, 0.5) is 0 Å². The second kappa shape index (κ2) is 6.16. The van der Waals surface area contributed by atoms with Gasteiger partial charge in [-0.15, -0.1) is 0 Å². The minimum absolute atomic E-state index is 0.141. The number of nitrogens with zero attached hydrogens (tertiary/aromatic N) is 3. The fourth-order valence-electron chi connectivity index (χ4n) is 2.23. The van der Waals surface area contributed by atoms with Crippen LogP contribution in [0, 0.1) is 6.92 Å². The molecule has 19 heavy (non-hydrogen) atoms. The molecule has 0 aliphatic carbocycles. The van der Waals surface area contributed by atoms with Crippen LogP contribution in [0.5, 0.6) is 0 Å². The normalized spacial score (nSPS) is 17.5. The number of ether oxygens (including phenoxy) is 1. The molecule has 2 heterocycles. The Kier molecular flexibility index (Phi) is 4.55. The van der Waals surface area contributed by atoms with Crippen molar-refractivity contribution >= 4 is 5.91 Å². The van der Waals surface area contributed by atoms with Crippen molar-refractivity contribution in [3.8, 4) is 0 Å². The van der Waals surface area contributed by atoms with Gasteiger partial charge in [-0.25, -0.2) is 0 Å². The zero-order valence-corrected chi connectivity index (χ0v) is 11.8. The van der Waals surface area contributed by atoms with Gasteiger partial charge in [0.05, 0.1) is 30.6 Å². The summed E-state index contributed by atoms with van der Waals surface area (Å²) in [5, 5.41) is 7.55. The molecule has 1 amide bonds. The second-order valence-electron chi connectivity index (χ2n) is 4.94. The molecule has 1 unspecified atom stereocenters. The predicted molar refractivity (Wildman–Crippen MR) is 71.6 cm³/mol. The number of aromatic nitrogens is 2. The molecule has 106 valence electrons. The van der Waals surface area contributed by atoms with Crippen LogP contribution in [0.1, 0.15) is 18.3 Å². The first-order chi connectivity index (χ1) is 9.08. The molecule has 6 nitrogen and oxygen atoms in total. The average molecular weight is 266 g/mol. The van der Waals surface area contributed by atoms with Gasteiger partial charge in [0.15, 0.2) is 0 Å². The SMILES string of the molecule is Cc1cc(CNC(C)C(=O)N2CCOCC2)n(C)n1. The van der Waals surface area contributed by atoms with Gasteiger partial charge in [-0.3, -0.25) is 9.48 Å². The summed E-state index contributed by atoms with van der Waals surface area (Å²) in [7, 11) is 1.92. The van der Waals surface area contributed by atoms with Gasteiger partial charge in [0.1, 0.15) is 0 Å². The van der Waals surface area contributed by atoms with Crippen molar-refractivity contribution in [2.24, 2.45) is 7.05 Å². The van der Waals surface area contributed by atoms with Crippen molar-refractivity contribution in [2.75, 3.05) is 26.3 Å². The molecule has 1 N–H and O–H groups in total. The Morgan fingerprint density at radius 2 is 2.21 bits per heavy atom. The molecule has 1 fully saturated rings. The van der Waals surface area contributed by atoms with Gasteiger partial charge in [-0.2, -0.15) is 5.10 Å². The monoisotopic (exact) mass is 266 g/mol. The van der Waals surface area contributed by atoms with E-state index in [1.807, 2.05) is 36.5 Å². The number of hydrogen-bond acceptors (Lipinski definition) is 4. The first kappa shape index (κ1) is 14.0. The van der Waals surface area contributed by atoms with Gasteiger partial charge in [0, 0.05) is 26.7 Å². The van der Waals surface area contributed by atoms with E-state index in [-0.39, 0.29) is 11.9 Å². The van der Waals surface area contributed by atoms with E-state index >= 15 is 0 Å². The van der Waals surface area contributed by atoms with E-state index in [4.69, 9.17) is 4.74 Å². The van der Waals surface area contributed by atoms with Crippen molar-refractivity contribution in [1.29, 1.82) is 0 Å². The Bertz CT molecular complexity index is 438. The molecule has 0 aromatic carbocycles. The van der Waals surface area contributed by atoms with E-state index in [0.717, 1.165) is 11.4 Å². The molecule has 0 bridgehead atoms. The van der Waals surface area contributed by atoms with Gasteiger partial charge in [0.25, 0.3) is 0 Å². The number of carbonyl (C=O) groups excluding carboxylic acids is 1. The summed E-state index contributed by atoms with van der Waals surface area (Å²) in [6.07, 6.45) is 0. The molecule has 1 aliphatic rings. The quantitative estimate of drug-likeness (QED) is 0.837. The maximum absolute atomic E-state index is 12.2. The molecule has 1 aliphatic heterocycles. The number of carbonyl (C=O) groups is 1.